The number of rotatable bonds is 2. The van der Waals surface area contributed by atoms with E-state index in [1.165, 1.54) is 24.0 Å². The van der Waals surface area contributed by atoms with Gasteiger partial charge < -0.3 is 9.84 Å². The summed E-state index contributed by atoms with van der Waals surface area (Å²) in [5.41, 5.74) is 3.88. The van der Waals surface area contributed by atoms with Crippen LogP contribution >= 0.6 is 0 Å². The second-order valence-electron chi connectivity index (χ2n) is 3.62. The van der Waals surface area contributed by atoms with Crippen molar-refractivity contribution in [2.75, 3.05) is 7.11 Å². The molecule has 1 aliphatic carbocycles. The molecule has 2 nitrogen and oxygen atoms in total. The Kier molecular flexibility index (Phi) is 2.20. The monoisotopic (exact) mass is 190 g/mol. The van der Waals surface area contributed by atoms with Crippen LogP contribution in [0.5, 0.6) is 11.5 Å². The Morgan fingerprint density at radius 1 is 1.36 bits per heavy atom. The van der Waals surface area contributed by atoms with E-state index in [1.807, 2.05) is 6.07 Å². The van der Waals surface area contributed by atoms with Crippen molar-refractivity contribution < 1.29 is 9.84 Å². The van der Waals surface area contributed by atoms with Gasteiger partial charge in [-0.2, -0.15) is 0 Å². The molecule has 14 heavy (non-hydrogen) atoms. The van der Waals surface area contributed by atoms with Crippen LogP contribution in [-0.4, -0.2) is 12.2 Å². The molecule has 1 saturated carbocycles. The number of ether oxygens (including phenoxy) is 1. The van der Waals surface area contributed by atoms with Crippen molar-refractivity contribution >= 4 is 5.57 Å². The summed E-state index contributed by atoms with van der Waals surface area (Å²) in [7, 11) is 1.56. The second kappa shape index (κ2) is 3.37. The fraction of sp³-hybridized carbons (Fsp3) is 0.333. The van der Waals surface area contributed by atoms with E-state index in [0.29, 0.717) is 5.75 Å². The van der Waals surface area contributed by atoms with Gasteiger partial charge in [-0.3, -0.25) is 0 Å². The van der Waals surface area contributed by atoms with E-state index in [2.05, 4.69) is 6.92 Å². The van der Waals surface area contributed by atoms with Gasteiger partial charge >= 0.3 is 0 Å². The third kappa shape index (κ3) is 1.60. The standard InChI is InChI=1S/C12H14O2/c1-8(9-3-4-9)10-5-6-12(14-2)11(13)7-10/h5-7,13H,3-4H2,1-2H3. The Morgan fingerprint density at radius 2 is 2.07 bits per heavy atom. The first-order valence-corrected chi connectivity index (χ1v) is 4.78. The molecule has 0 heterocycles. The molecular formula is C12H14O2. The molecule has 0 spiro atoms. The number of aromatic hydroxyl groups is 1. The lowest BCUT2D eigenvalue weighted by Gasteiger charge is -2.06. The van der Waals surface area contributed by atoms with E-state index in [0.717, 1.165) is 5.56 Å². The zero-order valence-electron chi connectivity index (χ0n) is 8.50. The maximum absolute atomic E-state index is 9.59. The number of hydrogen-bond donors (Lipinski definition) is 1. The molecule has 0 aliphatic heterocycles. The third-order valence-corrected chi connectivity index (χ3v) is 2.64. The van der Waals surface area contributed by atoms with E-state index < -0.39 is 0 Å². The number of hydrogen-bond acceptors (Lipinski definition) is 2. The number of phenols is 1. The van der Waals surface area contributed by atoms with Crippen molar-refractivity contribution in [3.05, 3.63) is 29.3 Å². The van der Waals surface area contributed by atoms with Crippen LogP contribution < -0.4 is 4.74 Å². The molecule has 0 amide bonds. The predicted octanol–water partition coefficient (Wildman–Crippen LogP) is 2.97. The second-order valence-corrected chi connectivity index (χ2v) is 3.62. The van der Waals surface area contributed by atoms with Crippen LogP contribution in [0.1, 0.15) is 25.3 Å². The molecule has 0 aromatic heterocycles. The van der Waals surface area contributed by atoms with Gasteiger partial charge in [-0.25, -0.2) is 0 Å². The van der Waals surface area contributed by atoms with Crippen molar-refractivity contribution in [1.29, 1.82) is 0 Å². The average Bonchev–Trinajstić information content (AvgIpc) is 3.00. The van der Waals surface area contributed by atoms with Crippen molar-refractivity contribution in [2.45, 2.75) is 19.8 Å². The molecular weight excluding hydrogens is 176 g/mol. The topological polar surface area (TPSA) is 29.5 Å². The molecule has 1 aromatic rings. The van der Waals surface area contributed by atoms with Crippen LogP contribution in [0.2, 0.25) is 0 Å². The Morgan fingerprint density at radius 3 is 2.57 bits per heavy atom. The predicted molar refractivity (Wildman–Crippen MR) is 56.5 cm³/mol. The van der Waals surface area contributed by atoms with Crippen LogP contribution in [0.4, 0.5) is 0 Å². The summed E-state index contributed by atoms with van der Waals surface area (Å²) in [5, 5.41) is 9.59. The maximum atomic E-state index is 9.59. The lowest BCUT2D eigenvalue weighted by molar-refractivity contribution is 0.373. The number of methoxy groups -OCH3 is 1. The quantitative estimate of drug-likeness (QED) is 0.776. The van der Waals surface area contributed by atoms with E-state index in [1.54, 1.807) is 19.2 Å². The first kappa shape index (κ1) is 9.13. The first-order chi connectivity index (χ1) is 6.72. The van der Waals surface area contributed by atoms with Crippen molar-refractivity contribution in [2.24, 2.45) is 0 Å². The minimum atomic E-state index is 0.214. The van der Waals surface area contributed by atoms with Crippen LogP contribution in [0.15, 0.2) is 23.8 Å². The minimum Gasteiger partial charge on any atom is -0.504 e. The summed E-state index contributed by atoms with van der Waals surface area (Å²) in [5.74, 6) is 0.743. The first-order valence-electron chi connectivity index (χ1n) is 4.78. The van der Waals surface area contributed by atoms with Crippen LogP contribution in [-0.2, 0) is 0 Å². The number of allylic oxidation sites excluding steroid dienone is 2. The van der Waals surface area contributed by atoms with Crippen LogP contribution in [0.25, 0.3) is 5.57 Å². The molecule has 2 rings (SSSR count). The Balaban J connectivity index is 2.37. The zero-order chi connectivity index (χ0) is 10.1. The van der Waals surface area contributed by atoms with Gasteiger partial charge in [0.2, 0.25) is 0 Å². The summed E-state index contributed by atoms with van der Waals surface area (Å²) in [6, 6.07) is 5.55. The molecule has 1 aliphatic rings. The van der Waals surface area contributed by atoms with Crippen molar-refractivity contribution in [1.82, 2.24) is 0 Å². The number of phenolic OH excluding ortho intramolecular Hbond substituents is 1. The van der Waals surface area contributed by atoms with Gasteiger partial charge in [0, 0.05) is 0 Å². The zero-order valence-corrected chi connectivity index (χ0v) is 8.50. The normalized spacial score (nSPS) is 14.0. The summed E-state index contributed by atoms with van der Waals surface area (Å²) in [4.78, 5) is 0. The molecule has 0 unspecified atom stereocenters. The largest absolute Gasteiger partial charge is 0.504 e. The summed E-state index contributed by atoms with van der Waals surface area (Å²) in [6.45, 7) is 2.10. The van der Waals surface area contributed by atoms with Crippen LogP contribution in [0.3, 0.4) is 0 Å². The molecule has 0 saturated heterocycles. The fourth-order valence-corrected chi connectivity index (χ4v) is 1.56. The molecule has 0 radical (unpaired) electrons. The van der Waals surface area contributed by atoms with Gasteiger partial charge in [0.1, 0.15) is 0 Å². The fourth-order valence-electron chi connectivity index (χ4n) is 1.56. The van der Waals surface area contributed by atoms with Crippen LogP contribution in [0, 0.1) is 0 Å². The number of benzene rings is 1. The third-order valence-electron chi connectivity index (χ3n) is 2.64. The van der Waals surface area contributed by atoms with Gasteiger partial charge in [-0.15, -0.1) is 0 Å². The van der Waals surface area contributed by atoms with E-state index in [9.17, 15) is 5.11 Å². The van der Waals surface area contributed by atoms with E-state index in [4.69, 9.17) is 4.74 Å². The van der Waals surface area contributed by atoms with Gasteiger partial charge in [-0.1, -0.05) is 11.6 Å². The van der Waals surface area contributed by atoms with Gasteiger partial charge in [0.05, 0.1) is 7.11 Å². The van der Waals surface area contributed by atoms with Gasteiger partial charge in [0.25, 0.3) is 0 Å². The van der Waals surface area contributed by atoms with E-state index in [-0.39, 0.29) is 5.75 Å². The molecule has 1 N–H and O–H groups in total. The maximum Gasteiger partial charge on any atom is 0.160 e. The minimum absolute atomic E-state index is 0.214. The molecule has 74 valence electrons. The highest BCUT2D eigenvalue weighted by Crippen LogP contribution is 2.38. The summed E-state index contributed by atoms with van der Waals surface area (Å²) < 4.78 is 4.99. The lowest BCUT2D eigenvalue weighted by Crippen LogP contribution is -1.85. The van der Waals surface area contributed by atoms with Gasteiger partial charge in [0.15, 0.2) is 11.5 Å². The smallest absolute Gasteiger partial charge is 0.160 e. The summed E-state index contributed by atoms with van der Waals surface area (Å²) in [6.07, 6.45) is 2.41. The Labute approximate surface area is 83.8 Å². The molecule has 0 bridgehead atoms. The van der Waals surface area contributed by atoms with Gasteiger partial charge in [-0.05, 0) is 43.0 Å². The van der Waals surface area contributed by atoms with Crippen molar-refractivity contribution in [3.63, 3.8) is 0 Å². The highest BCUT2D eigenvalue weighted by Gasteiger charge is 2.16. The Hall–Kier alpha value is -1.44. The molecule has 1 aromatic carbocycles. The average molecular weight is 190 g/mol. The Bertz CT molecular complexity index is 385. The molecule has 2 heteroatoms. The molecule has 1 fully saturated rings. The van der Waals surface area contributed by atoms with Crippen molar-refractivity contribution in [3.8, 4) is 11.5 Å². The lowest BCUT2D eigenvalue weighted by atomic mass is 10.1. The molecule has 0 atom stereocenters. The highest BCUT2D eigenvalue weighted by atomic mass is 16.5. The highest BCUT2D eigenvalue weighted by molar-refractivity contribution is 5.71. The van der Waals surface area contributed by atoms with E-state index >= 15 is 0 Å². The summed E-state index contributed by atoms with van der Waals surface area (Å²) >= 11 is 0. The SMILES string of the molecule is COc1ccc(C(C)=C2CC2)cc1O.